The molecule has 0 amide bonds. The second-order valence-electron chi connectivity index (χ2n) is 3.33. The fraction of sp³-hybridized carbons (Fsp3) is 0.571. The molecule has 0 N–H and O–H groups in total. The van der Waals surface area contributed by atoms with E-state index in [-0.39, 0.29) is 5.41 Å². The Morgan fingerprint density at radius 2 is 2.00 bits per heavy atom. The van der Waals surface area contributed by atoms with Gasteiger partial charge in [-0.05, 0) is 38.5 Å². The lowest BCUT2D eigenvalue weighted by Gasteiger charge is -2.13. The molecule has 1 aromatic heterocycles. The summed E-state index contributed by atoms with van der Waals surface area (Å²) in [5.41, 5.74) is 0.177. The molecule has 0 aliphatic carbocycles. The normalized spacial score (nSPS) is 12.1. The Labute approximate surface area is 92.9 Å². The van der Waals surface area contributed by atoms with Crippen molar-refractivity contribution >= 4 is 49.9 Å². The van der Waals surface area contributed by atoms with E-state index in [2.05, 4.69) is 64.3 Å². The third-order valence-corrected chi connectivity index (χ3v) is 5.21. The third kappa shape index (κ3) is 2.39. The van der Waals surface area contributed by atoms with Gasteiger partial charge >= 0.3 is 0 Å². The summed E-state index contributed by atoms with van der Waals surface area (Å²) in [5.74, 6) is 0. The highest BCUT2D eigenvalue weighted by atomic mass is 127. The Morgan fingerprint density at radius 1 is 1.45 bits per heavy atom. The van der Waals surface area contributed by atoms with E-state index in [1.165, 1.54) is 7.89 Å². The van der Waals surface area contributed by atoms with E-state index < -0.39 is 0 Å². The third-order valence-electron chi connectivity index (χ3n) is 1.19. The lowest BCUT2D eigenvalue weighted by Crippen LogP contribution is -2.09. The highest BCUT2D eigenvalue weighted by Crippen LogP contribution is 2.32. The number of nitrogens with zero attached hydrogens (tertiary/aromatic N) is 1. The second-order valence-corrected chi connectivity index (χ2v) is 6.89. The minimum absolute atomic E-state index is 0.177. The molecule has 1 nitrogen and oxygen atoms in total. The van der Waals surface area contributed by atoms with Crippen molar-refractivity contribution < 1.29 is 0 Å². The first-order valence-corrected chi connectivity index (χ1v) is 5.92. The minimum Gasteiger partial charge on any atom is -0.233 e. The van der Waals surface area contributed by atoms with Crippen LogP contribution in [0.5, 0.6) is 0 Å². The van der Waals surface area contributed by atoms with Gasteiger partial charge in [-0.25, -0.2) is 4.98 Å². The zero-order valence-electron chi connectivity index (χ0n) is 6.61. The number of thiazole rings is 1. The molecule has 0 radical (unpaired) electrons. The smallest absolute Gasteiger partial charge is 0.130 e. The van der Waals surface area contributed by atoms with E-state index in [1.807, 2.05) is 0 Å². The molecule has 0 unspecified atom stereocenters. The van der Waals surface area contributed by atoms with E-state index in [1.54, 1.807) is 11.3 Å². The fourth-order valence-corrected chi connectivity index (χ4v) is 2.63. The summed E-state index contributed by atoms with van der Waals surface area (Å²) in [6, 6.07) is 0. The van der Waals surface area contributed by atoms with Gasteiger partial charge in [-0.2, -0.15) is 0 Å². The molecule has 0 saturated carbocycles. The van der Waals surface area contributed by atoms with Crippen molar-refractivity contribution in [3.63, 3.8) is 0 Å². The Kier molecular flexibility index (Phi) is 2.98. The molecule has 1 heterocycles. The van der Waals surface area contributed by atoms with Crippen molar-refractivity contribution in [2.75, 3.05) is 0 Å². The van der Waals surface area contributed by atoms with Crippen LogP contribution in [0.2, 0.25) is 0 Å². The monoisotopic (exact) mass is 345 g/mol. The molecule has 0 fully saturated rings. The molecule has 62 valence electrons. The Bertz CT molecular complexity index is 244. The van der Waals surface area contributed by atoms with Crippen molar-refractivity contribution in [3.8, 4) is 0 Å². The van der Waals surface area contributed by atoms with Crippen molar-refractivity contribution in [2.45, 2.75) is 26.2 Å². The summed E-state index contributed by atoms with van der Waals surface area (Å²) >= 11 is 7.44. The molecule has 0 aliphatic heterocycles. The standard InChI is InChI=1S/C7H9BrINS/c1-7(2,3)6-10-4(8)5(9)11-6/h1-3H3. The van der Waals surface area contributed by atoms with Crippen LogP contribution in [0.3, 0.4) is 0 Å². The number of rotatable bonds is 0. The Hall–Kier alpha value is 0.840. The van der Waals surface area contributed by atoms with Gasteiger partial charge in [0.25, 0.3) is 0 Å². The van der Waals surface area contributed by atoms with Crippen molar-refractivity contribution in [2.24, 2.45) is 0 Å². The Balaban J connectivity index is 3.08. The summed E-state index contributed by atoms with van der Waals surface area (Å²) < 4.78 is 2.21. The van der Waals surface area contributed by atoms with Crippen LogP contribution in [0, 0.1) is 2.88 Å². The molecule has 0 spiro atoms. The molecule has 0 saturated heterocycles. The van der Waals surface area contributed by atoms with Crippen molar-refractivity contribution in [3.05, 3.63) is 12.5 Å². The zero-order chi connectivity index (χ0) is 8.65. The number of halogens is 2. The van der Waals surface area contributed by atoms with Gasteiger partial charge in [0, 0.05) is 5.41 Å². The average molecular weight is 346 g/mol. The van der Waals surface area contributed by atoms with Crippen molar-refractivity contribution in [1.29, 1.82) is 0 Å². The predicted octanol–water partition coefficient (Wildman–Crippen LogP) is 3.81. The van der Waals surface area contributed by atoms with Gasteiger partial charge in [-0.1, -0.05) is 20.8 Å². The summed E-state index contributed by atoms with van der Waals surface area (Å²) in [6.07, 6.45) is 0. The van der Waals surface area contributed by atoms with Gasteiger partial charge < -0.3 is 0 Å². The maximum absolute atomic E-state index is 4.41. The number of hydrogen-bond donors (Lipinski definition) is 0. The quantitative estimate of drug-likeness (QED) is 0.651. The molecule has 11 heavy (non-hydrogen) atoms. The zero-order valence-corrected chi connectivity index (χ0v) is 11.2. The van der Waals surface area contributed by atoms with Crippen molar-refractivity contribution in [1.82, 2.24) is 4.98 Å². The van der Waals surface area contributed by atoms with Crippen LogP contribution in [-0.4, -0.2) is 4.98 Å². The van der Waals surface area contributed by atoms with Crippen LogP contribution in [0.15, 0.2) is 4.60 Å². The molecule has 4 heteroatoms. The van der Waals surface area contributed by atoms with Crippen LogP contribution in [0.25, 0.3) is 0 Å². The number of hydrogen-bond acceptors (Lipinski definition) is 2. The van der Waals surface area contributed by atoms with Gasteiger partial charge in [0.1, 0.15) is 9.61 Å². The molecule has 0 atom stereocenters. The van der Waals surface area contributed by atoms with Crippen LogP contribution < -0.4 is 0 Å². The maximum atomic E-state index is 4.41. The topological polar surface area (TPSA) is 12.9 Å². The molecule has 0 aliphatic rings. The lowest BCUT2D eigenvalue weighted by atomic mass is 9.98. The van der Waals surface area contributed by atoms with E-state index in [0.29, 0.717) is 0 Å². The highest BCUT2D eigenvalue weighted by Gasteiger charge is 2.19. The first-order chi connectivity index (χ1) is 4.91. The summed E-state index contributed by atoms with van der Waals surface area (Å²) in [4.78, 5) is 4.41. The maximum Gasteiger partial charge on any atom is 0.130 e. The van der Waals surface area contributed by atoms with Gasteiger partial charge in [-0.15, -0.1) is 11.3 Å². The first kappa shape index (κ1) is 9.92. The van der Waals surface area contributed by atoms with Gasteiger partial charge in [0.05, 0.1) is 2.88 Å². The van der Waals surface area contributed by atoms with E-state index in [4.69, 9.17) is 0 Å². The molecule has 0 aromatic carbocycles. The molecular weight excluding hydrogens is 337 g/mol. The molecule has 1 aromatic rings. The van der Waals surface area contributed by atoms with Gasteiger partial charge in [-0.3, -0.25) is 0 Å². The minimum atomic E-state index is 0.177. The molecule has 1 rings (SSSR count). The van der Waals surface area contributed by atoms with E-state index >= 15 is 0 Å². The summed E-state index contributed by atoms with van der Waals surface area (Å²) in [7, 11) is 0. The molecular formula is C7H9BrINS. The van der Waals surface area contributed by atoms with Gasteiger partial charge in [0.15, 0.2) is 0 Å². The van der Waals surface area contributed by atoms with E-state index in [0.717, 1.165) is 4.60 Å². The fourth-order valence-electron chi connectivity index (χ4n) is 0.604. The van der Waals surface area contributed by atoms with Crippen LogP contribution in [0.1, 0.15) is 25.8 Å². The largest absolute Gasteiger partial charge is 0.233 e. The number of aromatic nitrogens is 1. The lowest BCUT2D eigenvalue weighted by molar-refractivity contribution is 0.584. The average Bonchev–Trinajstić information content (AvgIpc) is 2.11. The highest BCUT2D eigenvalue weighted by molar-refractivity contribution is 14.1. The van der Waals surface area contributed by atoms with Crippen LogP contribution in [0.4, 0.5) is 0 Å². The van der Waals surface area contributed by atoms with E-state index in [9.17, 15) is 0 Å². The van der Waals surface area contributed by atoms with Crippen LogP contribution >= 0.6 is 49.9 Å². The molecule has 0 bridgehead atoms. The predicted molar refractivity (Wildman–Crippen MR) is 61.2 cm³/mol. The second kappa shape index (κ2) is 3.30. The van der Waals surface area contributed by atoms with Crippen LogP contribution in [-0.2, 0) is 5.41 Å². The van der Waals surface area contributed by atoms with Gasteiger partial charge in [0.2, 0.25) is 0 Å². The first-order valence-electron chi connectivity index (χ1n) is 3.23. The SMILES string of the molecule is CC(C)(C)c1nc(Br)c(I)s1. The summed E-state index contributed by atoms with van der Waals surface area (Å²) in [6.45, 7) is 6.52. The summed E-state index contributed by atoms with van der Waals surface area (Å²) in [5, 5.41) is 1.19. The Morgan fingerprint density at radius 3 is 2.18 bits per heavy atom.